The maximum absolute atomic E-state index is 16.3. The fourth-order valence-electron chi connectivity index (χ4n) is 6.99. The molecule has 3 fully saturated rings. The zero-order valence-electron chi connectivity index (χ0n) is 25.1. The van der Waals surface area contributed by atoms with Gasteiger partial charge in [-0.3, -0.25) is 19.4 Å². The topological polar surface area (TPSA) is 83.3 Å². The Hall–Kier alpha value is -3.95. The Balaban J connectivity index is 1.10. The highest BCUT2D eigenvalue weighted by Gasteiger charge is 2.50. The highest BCUT2D eigenvalue weighted by Crippen LogP contribution is 2.48. The Bertz CT molecular complexity index is 1800. The van der Waals surface area contributed by atoms with Crippen LogP contribution in [0.5, 0.6) is 0 Å². The summed E-state index contributed by atoms with van der Waals surface area (Å²) in [5.41, 5.74) is 1.83. The Labute approximate surface area is 255 Å². The summed E-state index contributed by atoms with van der Waals surface area (Å²) < 4.78 is 33.4. The van der Waals surface area contributed by atoms with Crippen LogP contribution < -0.4 is 5.32 Å². The fourth-order valence-corrected chi connectivity index (χ4v) is 6.99. The number of nitrogens with one attached hydrogen (secondary N) is 1. The van der Waals surface area contributed by atoms with E-state index in [0.717, 1.165) is 18.4 Å². The van der Waals surface area contributed by atoms with E-state index in [-0.39, 0.29) is 17.3 Å². The molecule has 3 aliphatic rings. The smallest absolute Gasteiger partial charge is 0.231 e. The van der Waals surface area contributed by atoms with E-state index < -0.39 is 22.8 Å². The highest BCUT2D eigenvalue weighted by molar-refractivity contribution is 5.88. The molecule has 2 aromatic carbocycles. The summed E-state index contributed by atoms with van der Waals surface area (Å²) in [6.07, 6.45) is 7.33. The molecule has 2 unspecified atom stereocenters. The Morgan fingerprint density at radius 1 is 1.11 bits per heavy atom. The van der Waals surface area contributed by atoms with Crippen molar-refractivity contribution < 1.29 is 18.7 Å². The predicted octanol–water partition coefficient (Wildman–Crippen LogP) is 6.34. The van der Waals surface area contributed by atoms with Gasteiger partial charge in [0.05, 0.1) is 28.8 Å². The van der Waals surface area contributed by atoms with Crippen molar-refractivity contribution in [3.8, 4) is 11.3 Å². The van der Waals surface area contributed by atoms with Gasteiger partial charge in [0.15, 0.2) is 0 Å². The number of pyridine rings is 1. The average Bonchev–Trinajstić information content (AvgIpc) is 3.72. The summed E-state index contributed by atoms with van der Waals surface area (Å²) in [5.74, 6) is -1.41. The number of halogens is 2. The van der Waals surface area contributed by atoms with E-state index in [2.05, 4.69) is 26.9 Å². The van der Waals surface area contributed by atoms with Gasteiger partial charge in [-0.15, -0.1) is 0 Å². The Morgan fingerprint density at radius 3 is 2.66 bits per heavy atom. The minimum Gasteiger partial charge on any atom is -0.384 e. The molecule has 7 nitrogen and oxygen atoms in total. The molecular weight excluding hydrogens is 560 g/mol. The lowest BCUT2D eigenvalue weighted by Crippen LogP contribution is -2.55. The SMILES string of the molecule is C=C1CCC(c2cnc3ccc(C4(O)CCN(Cc5ccc(-c6ccn(C7CC7)n6)c(F)c5)CC4(C)C)c(F)c3c2)C(=O)N1. The number of aromatic nitrogens is 3. The number of allylic oxidation sites excluding steroid dienone is 1. The van der Waals surface area contributed by atoms with Crippen LogP contribution in [0.2, 0.25) is 0 Å². The first kappa shape index (κ1) is 28.8. The number of carbonyl (C=O) groups excluding carboxylic acids is 1. The van der Waals surface area contributed by atoms with Gasteiger partial charge in [0, 0.05) is 59.7 Å². The molecule has 4 aromatic rings. The fraction of sp³-hybridized carbons (Fsp3) is 0.400. The zero-order chi connectivity index (χ0) is 30.8. The van der Waals surface area contributed by atoms with Gasteiger partial charge < -0.3 is 10.4 Å². The lowest BCUT2D eigenvalue weighted by Gasteiger charge is -2.50. The van der Waals surface area contributed by atoms with Crippen molar-refractivity contribution in [2.45, 2.75) is 70.1 Å². The van der Waals surface area contributed by atoms with Crippen LogP contribution in [-0.4, -0.2) is 43.8 Å². The van der Waals surface area contributed by atoms with Gasteiger partial charge in [-0.1, -0.05) is 32.6 Å². The van der Waals surface area contributed by atoms with Crippen molar-refractivity contribution >= 4 is 16.8 Å². The summed E-state index contributed by atoms with van der Waals surface area (Å²) >= 11 is 0. The van der Waals surface area contributed by atoms with E-state index in [1.54, 1.807) is 36.5 Å². The number of amides is 1. The Kier molecular flexibility index (Phi) is 6.93. The van der Waals surface area contributed by atoms with Crippen LogP contribution in [0, 0.1) is 17.0 Å². The molecule has 1 aliphatic carbocycles. The molecule has 0 spiro atoms. The van der Waals surface area contributed by atoms with Gasteiger partial charge in [0.1, 0.15) is 11.6 Å². The number of carbonyl (C=O) groups is 1. The molecular formula is C35H37F2N5O2. The third-order valence-corrected chi connectivity index (χ3v) is 9.79. The van der Waals surface area contributed by atoms with Crippen LogP contribution in [0.4, 0.5) is 8.78 Å². The number of hydrogen-bond donors (Lipinski definition) is 2. The third-order valence-electron chi connectivity index (χ3n) is 9.79. The molecule has 4 heterocycles. The standard InChI is InChI=1S/C35H37F2N5O2/c1-21-4-8-25(33(43)39-21)23-17-27-30(38-18-23)11-10-28(32(27)37)35(44)13-15-41(20-34(35,2)3)19-22-5-9-26(29(36)16-22)31-12-14-42(40-31)24-6-7-24/h5,9-12,14,16-18,24-25,44H,1,4,6-8,13,15,19-20H2,2-3H3,(H,39,43). The van der Waals surface area contributed by atoms with Gasteiger partial charge in [0.2, 0.25) is 5.91 Å². The van der Waals surface area contributed by atoms with Crippen LogP contribution >= 0.6 is 0 Å². The molecule has 0 bridgehead atoms. The van der Waals surface area contributed by atoms with E-state index in [9.17, 15) is 9.90 Å². The maximum Gasteiger partial charge on any atom is 0.231 e. The Morgan fingerprint density at radius 2 is 1.93 bits per heavy atom. The molecule has 7 rings (SSSR count). The largest absolute Gasteiger partial charge is 0.384 e. The molecule has 2 atom stereocenters. The highest BCUT2D eigenvalue weighted by atomic mass is 19.1. The second kappa shape index (κ2) is 10.6. The van der Waals surface area contributed by atoms with Crippen LogP contribution in [-0.2, 0) is 16.9 Å². The molecule has 44 heavy (non-hydrogen) atoms. The van der Waals surface area contributed by atoms with Crippen LogP contribution in [0.3, 0.4) is 0 Å². The van der Waals surface area contributed by atoms with E-state index in [4.69, 9.17) is 0 Å². The molecule has 2 N–H and O–H groups in total. The average molecular weight is 598 g/mol. The van der Waals surface area contributed by atoms with Crippen molar-refractivity contribution in [2.24, 2.45) is 5.41 Å². The summed E-state index contributed by atoms with van der Waals surface area (Å²) in [6.45, 7) is 9.23. The number of nitrogens with zero attached hydrogens (tertiary/aromatic N) is 4. The van der Waals surface area contributed by atoms with Crippen molar-refractivity contribution in [1.82, 2.24) is 25.0 Å². The predicted molar refractivity (Wildman–Crippen MR) is 164 cm³/mol. The number of aliphatic hydroxyl groups is 1. The van der Waals surface area contributed by atoms with Crippen LogP contribution in [0.1, 0.15) is 74.6 Å². The first-order chi connectivity index (χ1) is 21.0. The maximum atomic E-state index is 16.3. The van der Waals surface area contributed by atoms with Crippen LogP contribution in [0.15, 0.2) is 67.1 Å². The quantitative estimate of drug-likeness (QED) is 0.271. The summed E-state index contributed by atoms with van der Waals surface area (Å²) in [5, 5.41) is 19.7. The minimum atomic E-state index is -1.44. The number of piperidine rings is 2. The minimum absolute atomic E-state index is 0.162. The molecule has 2 saturated heterocycles. The van der Waals surface area contributed by atoms with E-state index in [1.807, 2.05) is 36.9 Å². The van der Waals surface area contributed by atoms with E-state index in [1.165, 1.54) is 0 Å². The first-order valence-electron chi connectivity index (χ1n) is 15.4. The molecule has 1 amide bonds. The zero-order valence-corrected chi connectivity index (χ0v) is 25.1. The van der Waals surface area contributed by atoms with Gasteiger partial charge in [-0.25, -0.2) is 8.78 Å². The van der Waals surface area contributed by atoms with Gasteiger partial charge >= 0.3 is 0 Å². The van der Waals surface area contributed by atoms with Crippen molar-refractivity contribution in [3.63, 3.8) is 0 Å². The van der Waals surface area contributed by atoms with Crippen LogP contribution in [0.25, 0.3) is 22.2 Å². The van der Waals surface area contributed by atoms with Gasteiger partial charge in [-0.2, -0.15) is 5.10 Å². The molecule has 2 aromatic heterocycles. The van der Waals surface area contributed by atoms with Crippen molar-refractivity contribution in [1.29, 1.82) is 0 Å². The van der Waals surface area contributed by atoms with Gasteiger partial charge in [0.25, 0.3) is 0 Å². The number of rotatable bonds is 6. The summed E-state index contributed by atoms with van der Waals surface area (Å²) in [7, 11) is 0. The van der Waals surface area contributed by atoms with E-state index in [0.29, 0.717) is 78.4 Å². The molecule has 9 heteroatoms. The van der Waals surface area contributed by atoms with Crippen molar-refractivity contribution in [3.05, 3.63) is 95.5 Å². The molecule has 1 saturated carbocycles. The molecule has 0 radical (unpaired) electrons. The second-order valence-corrected chi connectivity index (χ2v) is 13.4. The van der Waals surface area contributed by atoms with Gasteiger partial charge in [-0.05, 0) is 73.6 Å². The number of likely N-dealkylation sites (tertiary alicyclic amines) is 1. The van der Waals surface area contributed by atoms with E-state index >= 15 is 8.78 Å². The molecule has 228 valence electrons. The summed E-state index contributed by atoms with van der Waals surface area (Å²) in [4.78, 5) is 19.2. The lowest BCUT2D eigenvalue weighted by atomic mass is 9.66. The normalized spacial score (nSPS) is 24.1. The number of benzene rings is 2. The number of hydrogen-bond acceptors (Lipinski definition) is 5. The first-order valence-corrected chi connectivity index (χ1v) is 15.4. The molecule has 2 aliphatic heterocycles. The van der Waals surface area contributed by atoms with Crippen molar-refractivity contribution in [2.75, 3.05) is 13.1 Å². The third kappa shape index (κ3) is 5.02. The lowest BCUT2D eigenvalue weighted by molar-refractivity contribution is -0.128. The number of fused-ring (bicyclic) bond motifs is 1. The monoisotopic (exact) mass is 597 g/mol. The summed E-state index contributed by atoms with van der Waals surface area (Å²) in [6, 6.07) is 12.6. The second-order valence-electron chi connectivity index (χ2n) is 13.4.